The van der Waals surface area contributed by atoms with Crippen LogP contribution in [-0.2, 0) is 14.3 Å². The van der Waals surface area contributed by atoms with Gasteiger partial charge in [-0.2, -0.15) is 0 Å². The Morgan fingerprint density at radius 3 is 3.00 bits per heavy atom. The van der Waals surface area contributed by atoms with Crippen molar-refractivity contribution in [2.45, 2.75) is 31.0 Å². The highest BCUT2D eigenvalue weighted by Crippen LogP contribution is 2.20. The van der Waals surface area contributed by atoms with Gasteiger partial charge in [-0.05, 0) is 12.8 Å². The average Bonchev–Trinajstić information content (AvgIpc) is 2.56. The van der Waals surface area contributed by atoms with Gasteiger partial charge in [0.15, 0.2) is 0 Å². The van der Waals surface area contributed by atoms with Crippen LogP contribution in [0.1, 0.15) is 12.8 Å². The van der Waals surface area contributed by atoms with E-state index in [-0.39, 0.29) is 24.0 Å². The number of hydrogen-bond acceptors (Lipinski definition) is 4. The summed E-state index contributed by atoms with van der Waals surface area (Å²) in [7, 11) is 1.33. The molecule has 2 fully saturated rings. The maximum atomic E-state index is 11.3. The first-order valence-electron chi connectivity index (χ1n) is 4.36. The van der Waals surface area contributed by atoms with E-state index in [1.807, 2.05) is 0 Å². The van der Waals surface area contributed by atoms with Gasteiger partial charge in [-0.25, -0.2) is 4.79 Å². The second-order valence-corrected chi connectivity index (χ2v) is 3.41. The van der Waals surface area contributed by atoms with Gasteiger partial charge in [-0.1, -0.05) is 0 Å². The lowest BCUT2D eigenvalue weighted by Crippen LogP contribution is -2.62. The molecule has 72 valence electrons. The lowest BCUT2D eigenvalue weighted by atomic mass is 10.1. The lowest BCUT2D eigenvalue weighted by Gasteiger charge is -2.28. The van der Waals surface area contributed by atoms with E-state index in [4.69, 9.17) is 0 Å². The quantitative estimate of drug-likeness (QED) is 0.501. The molecule has 2 aliphatic heterocycles. The Bertz CT molecular complexity index is 254. The molecule has 0 aromatic carbocycles. The molecule has 1 unspecified atom stereocenters. The molecule has 5 heteroatoms. The van der Waals surface area contributed by atoms with Crippen molar-refractivity contribution < 1.29 is 14.3 Å². The number of piperazine rings is 1. The molecular weight excluding hydrogens is 172 g/mol. The molecule has 0 saturated carbocycles. The molecule has 0 aliphatic carbocycles. The highest BCUT2D eigenvalue weighted by molar-refractivity contribution is 5.90. The van der Waals surface area contributed by atoms with Crippen molar-refractivity contribution in [1.82, 2.24) is 10.6 Å². The van der Waals surface area contributed by atoms with E-state index in [1.54, 1.807) is 0 Å². The Hall–Kier alpha value is -1.10. The minimum absolute atomic E-state index is 0.0511. The van der Waals surface area contributed by atoms with Crippen LogP contribution < -0.4 is 10.6 Å². The number of carbonyl (C=O) groups is 2. The van der Waals surface area contributed by atoms with Crippen LogP contribution in [0.2, 0.25) is 0 Å². The largest absolute Gasteiger partial charge is 0.467 e. The SMILES string of the molecule is COC(=O)C1NC(=O)[C@H]2CC[C@@H]1N2. The van der Waals surface area contributed by atoms with Crippen molar-refractivity contribution in [3.63, 3.8) is 0 Å². The number of fused-ring (bicyclic) bond motifs is 2. The standard InChI is InChI=1S/C8H12N2O3/c1-13-8(12)6-4-2-3-5(9-4)7(11)10-6/h4-6,9H,2-3H2,1H3,(H,10,11)/t4-,5+,6?/m0/s1. The van der Waals surface area contributed by atoms with Crippen molar-refractivity contribution in [2.24, 2.45) is 0 Å². The van der Waals surface area contributed by atoms with Crippen LogP contribution in [0.15, 0.2) is 0 Å². The topological polar surface area (TPSA) is 67.4 Å². The first-order valence-corrected chi connectivity index (χ1v) is 4.36. The predicted octanol–water partition coefficient (Wildman–Crippen LogP) is -1.22. The Labute approximate surface area is 75.8 Å². The number of hydrogen-bond donors (Lipinski definition) is 2. The average molecular weight is 184 g/mol. The summed E-state index contributed by atoms with van der Waals surface area (Å²) in [6, 6.07) is -0.558. The maximum absolute atomic E-state index is 11.3. The van der Waals surface area contributed by atoms with Crippen LogP contribution in [0.5, 0.6) is 0 Å². The van der Waals surface area contributed by atoms with Crippen molar-refractivity contribution in [1.29, 1.82) is 0 Å². The van der Waals surface area contributed by atoms with Gasteiger partial charge >= 0.3 is 5.97 Å². The van der Waals surface area contributed by atoms with E-state index in [9.17, 15) is 9.59 Å². The summed E-state index contributed by atoms with van der Waals surface area (Å²) < 4.78 is 4.59. The minimum atomic E-state index is -0.503. The van der Waals surface area contributed by atoms with E-state index in [2.05, 4.69) is 15.4 Å². The van der Waals surface area contributed by atoms with Gasteiger partial charge in [0, 0.05) is 6.04 Å². The van der Waals surface area contributed by atoms with E-state index >= 15 is 0 Å². The van der Waals surface area contributed by atoms with Gasteiger partial charge < -0.3 is 15.4 Å². The smallest absolute Gasteiger partial charge is 0.330 e. The van der Waals surface area contributed by atoms with Crippen LogP contribution >= 0.6 is 0 Å². The zero-order chi connectivity index (χ0) is 9.42. The summed E-state index contributed by atoms with van der Waals surface area (Å²) in [6.45, 7) is 0. The third kappa shape index (κ3) is 1.29. The van der Waals surface area contributed by atoms with Crippen molar-refractivity contribution in [2.75, 3.05) is 7.11 Å². The van der Waals surface area contributed by atoms with E-state index < -0.39 is 6.04 Å². The van der Waals surface area contributed by atoms with Gasteiger partial charge in [0.1, 0.15) is 6.04 Å². The summed E-state index contributed by atoms with van der Waals surface area (Å²) in [4.78, 5) is 22.5. The first kappa shape index (κ1) is 8.50. The lowest BCUT2D eigenvalue weighted by molar-refractivity contribution is -0.147. The maximum Gasteiger partial charge on any atom is 0.330 e. The molecule has 0 radical (unpaired) electrons. The summed E-state index contributed by atoms with van der Waals surface area (Å²) in [5.74, 6) is -0.463. The molecule has 3 atom stereocenters. The zero-order valence-electron chi connectivity index (χ0n) is 7.37. The number of esters is 1. The van der Waals surface area contributed by atoms with Crippen LogP contribution in [0.4, 0.5) is 0 Å². The summed E-state index contributed by atoms with van der Waals surface area (Å²) >= 11 is 0. The molecule has 0 aromatic heterocycles. The summed E-state index contributed by atoms with van der Waals surface area (Å²) in [6.07, 6.45) is 1.66. The molecule has 0 spiro atoms. The van der Waals surface area contributed by atoms with E-state index in [0.29, 0.717) is 0 Å². The van der Waals surface area contributed by atoms with Crippen LogP contribution in [0.3, 0.4) is 0 Å². The highest BCUT2D eigenvalue weighted by atomic mass is 16.5. The Kier molecular flexibility index (Phi) is 1.95. The van der Waals surface area contributed by atoms with Gasteiger partial charge in [-0.3, -0.25) is 4.79 Å². The van der Waals surface area contributed by atoms with Crippen molar-refractivity contribution in [3.05, 3.63) is 0 Å². The molecule has 2 aliphatic rings. The summed E-state index contributed by atoms with van der Waals surface area (Å²) in [5.41, 5.74) is 0. The number of carbonyl (C=O) groups excluding carboxylic acids is 2. The van der Waals surface area contributed by atoms with Gasteiger partial charge in [-0.15, -0.1) is 0 Å². The fraction of sp³-hybridized carbons (Fsp3) is 0.750. The van der Waals surface area contributed by atoms with Crippen LogP contribution in [0, 0.1) is 0 Å². The molecule has 1 amide bonds. The molecule has 0 aromatic rings. The Balaban J connectivity index is 2.12. The zero-order valence-corrected chi connectivity index (χ0v) is 7.37. The van der Waals surface area contributed by atoms with Gasteiger partial charge in [0.25, 0.3) is 0 Å². The monoisotopic (exact) mass is 184 g/mol. The first-order chi connectivity index (χ1) is 6.22. The normalized spacial score (nSPS) is 37.0. The predicted molar refractivity (Wildman–Crippen MR) is 43.9 cm³/mol. The molecule has 2 saturated heterocycles. The van der Waals surface area contributed by atoms with Crippen LogP contribution in [0.25, 0.3) is 0 Å². The van der Waals surface area contributed by atoms with E-state index in [0.717, 1.165) is 12.8 Å². The fourth-order valence-electron chi connectivity index (χ4n) is 1.95. The van der Waals surface area contributed by atoms with Gasteiger partial charge in [0.05, 0.1) is 13.2 Å². The van der Waals surface area contributed by atoms with E-state index in [1.165, 1.54) is 7.11 Å². The number of ether oxygens (including phenoxy) is 1. The Morgan fingerprint density at radius 1 is 1.54 bits per heavy atom. The number of nitrogens with one attached hydrogen (secondary N) is 2. The Morgan fingerprint density at radius 2 is 2.31 bits per heavy atom. The second-order valence-electron chi connectivity index (χ2n) is 3.41. The number of rotatable bonds is 1. The summed E-state index contributed by atoms with van der Waals surface area (Å²) in [5, 5.41) is 5.75. The minimum Gasteiger partial charge on any atom is -0.467 e. The molecule has 2 bridgehead atoms. The molecule has 13 heavy (non-hydrogen) atoms. The molecule has 5 nitrogen and oxygen atoms in total. The molecule has 2 N–H and O–H groups in total. The third-order valence-corrected chi connectivity index (χ3v) is 2.65. The number of amides is 1. The van der Waals surface area contributed by atoms with Gasteiger partial charge in [0.2, 0.25) is 5.91 Å². The third-order valence-electron chi connectivity index (χ3n) is 2.65. The highest BCUT2D eigenvalue weighted by Gasteiger charge is 2.43. The van der Waals surface area contributed by atoms with Crippen molar-refractivity contribution in [3.8, 4) is 0 Å². The molecule has 2 rings (SSSR count). The van der Waals surface area contributed by atoms with Crippen molar-refractivity contribution >= 4 is 11.9 Å². The molecule has 2 heterocycles. The second kappa shape index (κ2) is 2.99. The number of methoxy groups -OCH3 is 1. The molecular formula is C8H12N2O3. The van der Waals surface area contributed by atoms with Crippen LogP contribution in [-0.4, -0.2) is 37.1 Å². The fourth-order valence-corrected chi connectivity index (χ4v) is 1.95.